The summed E-state index contributed by atoms with van der Waals surface area (Å²) in [5.41, 5.74) is 0.506. The van der Waals surface area contributed by atoms with Crippen molar-refractivity contribution < 1.29 is 4.79 Å². The zero-order chi connectivity index (χ0) is 8.81. The van der Waals surface area contributed by atoms with Crippen LogP contribution in [0.2, 0.25) is 0 Å². The van der Waals surface area contributed by atoms with Gasteiger partial charge in [-0.3, -0.25) is 4.79 Å². The molecule has 0 saturated carbocycles. The van der Waals surface area contributed by atoms with Crippen LogP contribution in [0.15, 0.2) is 31.1 Å². The number of aromatic nitrogens is 2. The van der Waals surface area contributed by atoms with Crippen molar-refractivity contribution in [2.75, 3.05) is 6.54 Å². The van der Waals surface area contributed by atoms with Crippen molar-refractivity contribution in [3.63, 3.8) is 0 Å². The first-order valence-electron chi connectivity index (χ1n) is 3.50. The van der Waals surface area contributed by atoms with Crippen LogP contribution in [-0.2, 0) is 0 Å². The van der Waals surface area contributed by atoms with Gasteiger partial charge in [-0.2, -0.15) is 10.2 Å². The number of amides is 1. The molecule has 0 aliphatic heterocycles. The van der Waals surface area contributed by atoms with E-state index < -0.39 is 0 Å². The Bertz CT molecular complexity index is 271. The highest BCUT2D eigenvalue weighted by atomic mass is 16.1. The second-order valence-corrected chi connectivity index (χ2v) is 2.13. The van der Waals surface area contributed by atoms with Gasteiger partial charge in [0, 0.05) is 6.54 Å². The van der Waals surface area contributed by atoms with Gasteiger partial charge in [0.25, 0.3) is 5.91 Å². The lowest BCUT2D eigenvalue weighted by molar-refractivity contribution is 0.0957. The standard InChI is InChI=1S/C8H9N3O/c1-2-4-9-8(12)7-3-5-10-11-6-7/h2-3,5-6H,1,4H2,(H,9,12). The molecule has 4 heteroatoms. The molecule has 1 N–H and O–H groups in total. The third-order valence-corrected chi connectivity index (χ3v) is 1.25. The molecular formula is C8H9N3O. The van der Waals surface area contributed by atoms with Crippen molar-refractivity contribution in [2.24, 2.45) is 0 Å². The molecule has 1 aromatic heterocycles. The molecule has 4 nitrogen and oxygen atoms in total. The number of rotatable bonds is 3. The molecule has 62 valence electrons. The smallest absolute Gasteiger partial charge is 0.253 e. The van der Waals surface area contributed by atoms with Crippen molar-refractivity contribution in [3.8, 4) is 0 Å². The van der Waals surface area contributed by atoms with Gasteiger partial charge in [-0.05, 0) is 6.07 Å². The van der Waals surface area contributed by atoms with Crippen LogP contribution in [0.5, 0.6) is 0 Å². The highest BCUT2D eigenvalue weighted by Crippen LogP contribution is 1.92. The lowest BCUT2D eigenvalue weighted by Crippen LogP contribution is -2.23. The fourth-order valence-corrected chi connectivity index (χ4v) is 0.692. The molecule has 0 spiro atoms. The summed E-state index contributed by atoms with van der Waals surface area (Å²) in [5, 5.41) is 9.76. The second-order valence-electron chi connectivity index (χ2n) is 2.13. The Morgan fingerprint density at radius 3 is 3.08 bits per heavy atom. The summed E-state index contributed by atoms with van der Waals surface area (Å²) >= 11 is 0. The maximum absolute atomic E-state index is 11.2. The monoisotopic (exact) mass is 163 g/mol. The summed E-state index contributed by atoms with van der Waals surface area (Å²) in [4.78, 5) is 11.2. The first-order chi connectivity index (χ1) is 5.84. The Hall–Kier alpha value is -1.71. The predicted octanol–water partition coefficient (Wildman–Crippen LogP) is 0.392. The van der Waals surface area contributed by atoms with Crippen molar-refractivity contribution in [1.29, 1.82) is 0 Å². The molecule has 1 amide bonds. The topological polar surface area (TPSA) is 54.9 Å². The summed E-state index contributed by atoms with van der Waals surface area (Å²) in [5.74, 6) is -0.162. The Balaban J connectivity index is 2.59. The fourth-order valence-electron chi connectivity index (χ4n) is 0.692. The molecule has 0 radical (unpaired) electrons. The highest BCUT2D eigenvalue weighted by Gasteiger charge is 2.01. The van der Waals surface area contributed by atoms with Gasteiger partial charge in [-0.1, -0.05) is 6.08 Å². The third-order valence-electron chi connectivity index (χ3n) is 1.25. The molecule has 1 heterocycles. The minimum Gasteiger partial charge on any atom is -0.349 e. The first-order valence-corrected chi connectivity index (χ1v) is 3.50. The first kappa shape index (κ1) is 8.39. The number of hydrogen-bond acceptors (Lipinski definition) is 3. The Labute approximate surface area is 70.3 Å². The minimum absolute atomic E-state index is 0.162. The zero-order valence-electron chi connectivity index (χ0n) is 6.53. The highest BCUT2D eigenvalue weighted by molar-refractivity contribution is 5.93. The van der Waals surface area contributed by atoms with Gasteiger partial charge in [-0.25, -0.2) is 0 Å². The maximum Gasteiger partial charge on any atom is 0.253 e. The van der Waals surface area contributed by atoms with E-state index in [2.05, 4.69) is 22.1 Å². The van der Waals surface area contributed by atoms with Crippen LogP contribution >= 0.6 is 0 Å². The summed E-state index contributed by atoms with van der Waals surface area (Å²) in [7, 11) is 0. The molecule has 0 aliphatic rings. The number of nitrogens with one attached hydrogen (secondary N) is 1. The molecule has 0 fully saturated rings. The van der Waals surface area contributed by atoms with Gasteiger partial charge in [0.2, 0.25) is 0 Å². The maximum atomic E-state index is 11.2. The SMILES string of the molecule is C=CCNC(=O)c1ccnnc1. The molecule has 0 unspecified atom stereocenters. The molecule has 1 aromatic rings. The molecule has 0 bridgehead atoms. The second kappa shape index (κ2) is 4.23. The van der Waals surface area contributed by atoms with Crippen molar-refractivity contribution >= 4 is 5.91 Å². The molecule has 12 heavy (non-hydrogen) atoms. The van der Waals surface area contributed by atoms with Gasteiger partial charge in [-0.15, -0.1) is 6.58 Å². The lowest BCUT2D eigenvalue weighted by Gasteiger charge is -1.99. The van der Waals surface area contributed by atoms with Gasteiger partial charge in [0.05, 0.1) is 18.0 Å². The van der Waals surface area contributed by atoms with Crippen LogP contribution in [0.3, 0.4) is 0 Å². The lowest BCUT2D eigenvalue weighted by atomic mass is 10.3. The summed E-state index contributed by atoms with van der Waals surface area (Å²) in [6.07, 6.45) is 4.51. The molecule has 0 aromatic carbocycles. The van der Waals surface area contributed by atoms with E-state index in [-0.39, 0.29) is 5.91 Å². The molecular weight excluding hydrogens is 154 g/mol. The number of carbonyl (C=O) groups is 1. The number of carbonyl (C=O) groups excluding carboxylic acids is 1. The van der Waals surface area contributed by atoms with Crippen molar-refractivity contribution in [1.82, 2.24) is 15.5 Å². The largest absolute Gasteiger partial charge is 0.349 e. The predicted molar refractivity (Wildman–Crippen MR) is 44.6 cm³/mol. The van der Waals surface area contributed by atoms with Crippen molar-refractivity contribution in [2.45, 2.75) is 0 Å². The van der Waals surface area contributed by atoms with E-state index in [0.29, 0.717) is 12.1 Å². The summed E-state index contributed by atoms with van der Waals surface area (Å²) in [6.45, 7) is 3.94. The van der Waals surface area contributed by atoms with Crippen LogP contribution in [0.4, 0.5) is 0 Å². The van der Waals surface area contributed by atoms with E-state index in [1.54, 1.807) is 12.1 Å². The molecule has 0 saturated heterocycles. The van der Waals surface area contributed by atoms with Crippen LogP contribution in [0, 0.1) is 0 Å². The van der Waals surface area contributed by atoms with Gasteiger partial charge in [0.15, 0.2) is 0 Å². The summed E-state index contributed by atoms with van der Waals surface area (Å²) < 4.78 is 0. The van der Waals surface area contributed by atoms with E-state index in [4.69, 9.17) is 0 Å². The summed E-state index contributed by atoms with van der Waals surface area (Å²) in [6, 6.07) is 1.60. The fraction of sp³-hybridized carbons (Fsp3) is 0.125. The Morgan fingerprint density at radius 1 is 1.67 bits per heavy atom. The van der Waals surface area contributed by atoms with E-state index >= 15 is 0 Å². The van der Waals surface area contributed by atoms with Crippen LogP contribution in [0.1, 0.15) is 10.4 Å². The van der Waals surface area contributed by atoms with Crippen molar-refractivity contribution in [3.05, 3.63) is 36.7 Å². The molecule has 1 rings (SSSR count). The van der Waals surface area contributed by atoms with E-state index in [0.717, 1.165) is 0 Å². The molecule has 0 atom stereocenters. The van der Waals surface area contributed by atoms with Gasteiger partial charge < -0.3 is 5.32 Å². The van der Waals surface area contributed by atoms with E-state index in [9.17, 15) is 4.79 Å². The number of nitrogens with zero attached hydrogens (tertiary/aromatic N) is 2. The third kappa shape index (κ3) is 2.16. The number of hydrogen-bond donors (Lipinski definition) is 1. The quantitative estimate of drug-likeness (QED) is 0.656. The zero-order valence-corrected chi connectivity index (χ0v) is 6.53. The van der Waals surface area contributed by atoms with E-state index in [1.165, 1.54) is 12.4 Å². The average Bonchev–Trinajstić information content (AvgIpc) is 2.15. The van der Waals surface area contributed by atoms with Gasteiger partial charge in [0.1, 0.15) is 0 Å². The van der Waals surface area contributed by atoms with Gasteiger partial charge >= 0.3 is 0 Å². The Kier molecular flexibility index (Phi) is 2.95. The van der Waals surface area contributed by atoms with E-state index in [1.807, 2.05) is 0 Å². The van der Waals surface area contributed by atoms with Crippen LogP contribution in [-0.4, -0.2) is 22.6 Å². The van der Waals surface area contributed by atoms with Crippen LogP contribution < -0.4 is 5.32 Å². The minimum atomic E-state index is -0.162. The average molecular weight is 163 g/mol. The molecule has 0 aliphatic carbocycles. The van der Waals surface area contributed by atoms with Crippen LogP contribution in [0.25, 0.3) is 0 Å². The normalized spacial score (nSPS) is 9.00. The Morgan fingerprint density at radius 2 is 2.50 bits per heavy atom.